The highest BCUT2D eigenvalue weighted by molar-refractivity contribution is 6.30. The van der Waals surface area contributed by atoms with Gasteiger partial charge in [0.25, 0.3) is 0 Å². The molecule has 0 bridgehead atoms. The molecule has 3 rings (SSSR count). The maximum Gasteiger partial charge on any atom is 0.119 e. The minimum absolute atomic E-state index is 0.225. The van der Waals surface area contributed by atoms with Gasteiger partial charge in [-0.05, 0) is 54.8 Å². The molecule has 1 N–H and O–H groups in total. The van der Waals surface area contributed by atoms with E-state index in [1.54, 1.807) is 31.4 Å². The SMILES string of the molecule is COc1ccc(CN(C[C@H](O)COc2ccc(Cl)cc2)C[C@@H]2CCCO2)cc1. The van der Waals surface area contributed by atoms with E-state index in [0.717, 1.165) is 38.3 Å². The number of rotatable bonds is 10. The van der Waals surface area contributed by atoms with Crippen molar-refractivity contribution in [2.45, 2.75) is 31.6 Å². The second-order valence-electron chi connectivity index (χ2n) is 7.10. The summed E-state index contributed by atoms with van der Waals surface area (Å²) in [4.78, 5) is 2.23. The Balaban J connectivity index is 1.55. The minimum atomic E-state index is -0.602. The van der Waals surface area contributed by atoms with E-state index in [4.69, 9.17) is 25.8 Å². The molecule has 28 heavy (non-hydrogen) atoms. The highest BCUT2D eigenvalue weighted by Crippen LogP contribution is 2.18. The van der Waals surface area contributed by atoms with Crippen molar-refractivity contribution in [3.8, 4) is 11.5 Å². The third kappa shape index (κ3) is 6.67. The van der Waals surface area contributed by atoms with Crippen LogP contribution in [0.3, 0.4) is 0 Å². The second kappa shape index (κ2) is 10.7. The fraction of sp³-hybridized carbons (Fsp3) is 0.455. The quantitative estimate of drug-likeness (QED) is 0.652. The number of hydrogen-bond acceptors (Lipinski definition) is 5. The van der Waals surface area contributed by atoms with Crippen molar-refractivity contribution in [1.29, 1.82) is 0 Å². The van der Waals surface area contributed by atoms with Crippen LogP contribution in [0, 0.1) is 0 Å². The maximum atomic E-state index is 10.5. The van der Waals surface area contributed by atoms with E-state index in [0.29, 0.717) is 17.3 Å². The molecule has 0 radical (unpaired) electrons. The van der Waals surface area contributed by atoms with Crippen LogP contribution in [-0.4, -0.2) is 55.6 Å². The third-order valence-electron chi connectivity index (χ3n) is 4.78. The number of nitrogens with zero attached hydrogens (tertiary/aromatic N) is 1. The minimum Gasteiger partial charge on any atom is -0.497 e. The molecule has 1 fully saturated rings. The number of benzene rings is 2. The van der Waals surface area contributed by atoms with Crippen LogP contribution in [-0.2, 0) is 11.3 Å². The van der Waals surface area contributed by atoms with E-state index in [9.17, 15) is 5.11 Å². The molecular weight excluding hydrogens is 378 g/mol. The number of aliphatic hydroxyl groups excluding tert-OH is 1. The van der Waals surface area contributed by atoms with E-state index >= 15 is 0 Å². The Labute approximate surface area is 171 Å². The molecule has 2 atom stereocenters. The molecule has 1 heterocycles. The van der Waals surface area contributed by atoms with Crippen LogP contribution in [0.4, 0.5) is 0 Å². The van der Waals surface area contributed by atoms with Crippen molar-refractivity contribution >= 4 is 11.6 Å². The van der Waals surface area contributed by atoms with Gasteiger partial charge in [0, 0.05) is 31.3 Å². The summed E-state index contributed by atoms with van der Waals surface area (Å²) < 4.78 is 16.7. The van der Waals surface area contributed by atoms with Gasteiger partial charge in [-0.1, -0.05) is 23.7 Å². The average molecular weight is 406 g/mol. The average Bonchev–Trinajstić information content (AvgIpc) is 3.21. The van der Waals surface area contributed by atoms with Gasteiger partial charge in [0.15, 0.2) is 0 Å². The Morgan fingerprint density at radius 2 is 1.86 bits per heavy atom. The molecule has 0 aliphatic carbocycles. The number of aliphatic hydroxyl groups is 1. The molecule has 1 aliphatic heterocycles. The Bertz CT molecular complexity index is 701. The maximum absolute atomic E-state index is 10.5. The van der Waals surface area contributed by atoms with Gasteiger partial charge >= 0.3 is 0 Å². The van der Waals surface area contributed by atoms with Crippen LogP contribution < -0.4 is 9.47 Å². The Kier molecular flexibility index (Phi) is 7.98. The van der Waals surface area contributed by atoms with E-state index in [1.807, 2.05) is 12.1 Å². The number of methoxy groups -OCH3 is 1. The topological polar surface area (TPSA) is 51.2 Å². The van der Waals surface area contributed by atoms with Gasteiger partial charge < -0.3 is 19.3 Å². The molecule has 0 aromatic heterocycles. The van der Waals surface area contributed by atoms with Crippen molar-refractivity contribution in [2.75, 3.05) is 33.4 Å². The normalized spacial score (nSPS) is 17.6. The van der Waals surface area contributed by atoms with Gasteiger partial charge in [0.2, 0.25) is 0 Å². The van der Waals surface area contributed by atoms with Crippen molar-refractivity contribution in [3.63, 3.8) is 0 Å². The molecule has 0 spiro atoms. The summed E-state index contributed by atoms with van der Waals surface area (Å²) >= 11 is 5.89. The van der Waals surface area contributed by atoms with Gasteiger partial charge in [-0.25, -0.2) is 0 Å². The highest BCUT2D eigenvalue weighted by Gasteiger charge is 2.21. The largest absolute Gasteiger partial charge is 0.497 e. The molecule has 0 amide bonds. The van der Waals surface area contributed by atoms with Gasteiger partial charge in [0.1, 0.15) is 24.2 Å². The lowest BCUT2D eigenvalue weighted by Gasteiger charge is -2.27. The Morgan fingerprint density at radius 3 is 2.50 bits per heavy atom. The fourth-order valence-electron chi connectivity index (χ4n) is 3.34. The Morgan fingerprint density at radius 1 is 1.14 bits per heavy atom. The first-order valence-corrected chi connectivity index (χ1v) is 10.0. The lowest BCUT2D eigenvalue weighted by Crippen LogP contribution is -2.39. The smallest absolute Gasteiger partial charge is 0.119 e. The standard InChI is InChI=1S/C22H28ClNO4/c1-26-20-8-4-17(5-9-20)13-24(15-22-3-2-12-27-22)14-19(25)16-28-21-10-6-18(23)7-11-21/h4-11,19,22,25H,2-3,12-16H2,1H3/t19-,22-/m0/s1. The summed E-state index contributed by atoms with van der Waals surface area (Å²) in [5.74, 6) is 1.54. The third-order valence-corrected chi connectivity index (χ3v) is 5.03. The van der Waals surface area contributed by atoms with Crippen LogP contribution in [0.5, 0.6) is 11.5 Å². The van der Waals surface area contributed by atoms with Crippen LogP contribution >= 0.6 is 11.6 Å². The summed E-state index contributed by atoms with van der Waals surface area (Å²) in [6, 6.07) is 15.2. The van der Waals surface area contributed by atoms with Crippen molar-refractivity contribution in [1.82, 2.24) is 4.90 Å². The first-order chi connectivity index (χ1) is 13.6. The van der Waals surface area contributed by atoms with Crippen molar-refractivity contribution < 1.29 is 19.3 Å². The molecular formula is C22H28ClNO4. The summed E-state index contributed by atoms with van der Waals surface area (Å²) in [6.45, 7) is 3.10. The zero-order chi connectivity index (χ0) is 19.8. The first-order valence-electron chi connectivity index (χ1n) is 9.65. The van der Waals surface area contributed by atoms with Crippen LogP contribution in [0.2, 0.25) is 5.02 Å². The van der Waals surface area contributed by atoms with Gasteiger partial charge in [-0.15, -0.1) is 0 Å². The van der Waals surface area contributed by atoms with E-state index < -0.39 is 6.10 Å². The van der Waals surface area contributed by atoms with Crippen molar-refractivity contribution in [3.05, 3.63) is 59.1 Å². The molecule has 1 aliphatic rings. The Hall–Kier alpha value is -1.79. The zero-order valence-electron chi connectivity index (χ0n) is 16.2. The molecule has 2 aromatic carbocycles. The first kappa shape index (κ1) is 20.9. The van der Waals surface area contributed by atoms with Gasteiger partial charge in [-0.3, -0.25) is 4.90 Å². The van der Waals surface area contributed by atoms with Gasteiger partial charge in [0.05, 0.1) is 13.2 Å². The number of ether oxygens (including phenoxy) is 3. The predicted octanol–water partition coefficient (Wildman–Crippen LogP) is 3.77. The fourth-order valence-corrected chi connectivity index (χ4v) is 3.47. The van der Waals surface area contributed by atoms with Crippen LogP contribution in [0.1, 0.15) is 18.4 Å². The molecule has 0 unspecified atom stereocenters. The summed E-state index contributed by atoms with van der Waals surface area (Å²) in [6.07, 6.45) is 1.79. The molecule has 6 heteroatoms. The molecule has 2 aromatic rings. The van der Waals surface area contributed by atoms with E-state index in [2.05, 4.69) is 17.0 Å². The van der Waals surface area contributed by atoms with Crippen molar-refractivity contribution in [2.24, 2.45) is 0 Å². The summed E-state index contributed by atoms with van der Waals surface area (Å²) in [7, 11) is 1.66. The van der Waals surface area contributed by atoms with E-state index in [1.165, 1.54) is 5.56 Å². The predicted molar refractivity (Wildman–Crippen MR) is 110 cm³/mol. The summed E-state index contributed by atoms with van der Waals surface area (Å²) in [5, 5.41) is 11.2. The molecule has 0 saturated carbocycles. The summed E-state index contributed by atoms with van der Waals surface area (Å²) in [5.41, 5.74) is 1.17. The lowest BCUT2D eigenvalue weighted by molar-refractivity contribution is 0.0313. The molecule has 152 valence electrons. The number of halogens is 1. The second-order valence-corrected chi connectivity index (χ2v) is 7.53. The molecule has 5 nitrogen and oxygen atoms in total. The van der Waals surface area contributed by atoms with Crippen LogP contribution in [0.15, 0.2) is 48.5 Å². The van der Waals surface area contributed by atoms with Gasteiger partial charge in [-0.2, -0.15) is 0 Å². The number of hydrogen-bond donors (Lipinski definition) is 1. The highest BCUT2D eigenvalue weighted by atomic mass is 35.5. The van der Waals surface area contributed by atoms with E-state index in [-0.39, 0.29) is 12.7 Å². The lowest BCUT2D eigenvalue weighted by atomic mass is 10.1. The zero-order valence-corrected chi connectivity index (χ0v) is 17.0. The van der Waals surface area contributed by atoms with Crippen LogP contribution in [0.25, 0.3) is 0 Å². The molecule has 1 saturated heterocycles. The monoisotopic (exact) mass is 405 g/mol.